The smallest absolute Gasteiger partial charge is 0.328 e. The molecule has 1 aliphatic rings. The van der Waals surface area contributed by atoms with Crippen LogP contribution in [0.1, 0.15) is 44.5 Å². The van der Waals surface area contributed by atoms with Crippen molar-refractivity contribution in [3.05, 3.63) is 60.2 Å². The van der Waals surface area contributed by atoms with Gasteiger partial charge in [-0.25, -0.2) is 9.59 Å². The Labute approximate surface area is 217 Å². The van der Waals surface area contributed by atoms with Crippen LogP contribution in [-0.4, -0.2) is 65.2 Å². The van der Waals surface area contributed by atoms with Crippen LogP contribution in [0.25, 0.3) is 0 Å². The summed E-state index contributed by atoms with van der Waals surface area (Å²) in [6.45, 7) is 12.5. The Morgan fingerprint density at radius 2 is 1.58 bits per heavy atom. The van der Waals surface area contributed by atoms with Crippen LogP contribution in [0.2, 0.25) is 0 Å². The van der Waals surface area contributed by atoms with E-state index in [4.69, 9.17) is 10.2 Å². The highest BCUT2D eigenvalue weighted by atomic mass is 32.2. The van der Waals surface area contributed by atoms with Crippen LogP contribution in [0.3, 0.4) is 0 Å². The van der Waals surface area contributed by atoms with Gasteiger partial charge in [0.15, 0.2) is 0 Å². The Hall–Kier alpha value is -3.30. The number of hydrogen-bond donors (Lipinski definition) is 3. The third-order valence-corrected chi connectivity index (χ3v) is 6.72. The number of anilines is 2. The van der Waals surface area contributed by atoms with Crippen LogP contribution < -0.4 is 10.2 Å². The minimum atomic E-state index is -1.26. The molecule has 2 aromatic rings. The lowest BCUT2D eigenvalue weighted by molar-refractivity contribution is -0.134. The normalized spacial score (nSPS) is 12.9. The van der Waals surface area contributed by atoms with Crippen molar-refractivity contribution in [2.75, 3.05) is 31.1 Å². The maximum Gasteiger partial charge on any atom is 0.328 e. The standard InChI is InChI=1S/C23H31N3OS.C4H4O4/c1-5-14-24-23(27)18-12-13-22-20(15-18)26(17(4)16-25(6-2)7-3)19-10-8-9-11-21(19)28-22;5-3(6)1-2-4(7)8/h8-13,15,17H,5-7,14,16H2,1-4H3,(H,24,27);1-2H,(H,5,6)(H,7,8)/b;2-1+. The second kappa shape index (κ2) is 14.3. The van der Waals surface area contributed by atoms with Crippen molar-refractivity contribution in [2.45, 2.75) is 49.9 Å². The molecule has 194 valence electrons. The number of benzene rings is 2. The molecule has 0 aliphatic carbocycles. The summed E-state index contributed by atoms with van der Waals surface area (Å²) in [6.07, 6.45) is 2.05. The predicted molar refractivity (Wildman–Crippen MR) is 143 cm³/mol. The number of carbonyl (C=O) groups excluding carboxylic acids is 1. The molecule has 1 unspecified atom stereocenters. The van der Waals surface area contributed by atoms with E-state index in [1.165, 1.54) is 15.5 Å². The minimum absolute atomic E-state index is 0.00449. The minimum Gasteiger partial charge on any atom is -0.478 e. The number of nitrogens with one attached hydrogen (secondary N) is 1. The molecule has 9 heteroatoms. The molecule has 1 heterocycles. The summed E-state index contributed by atoms with van der Waals surface area (Å²) < 4.78 is 0. The van der Waals surface area contributed by atoms with E-state index in [1.54, 1.807) is 11.8 Å². The molecule has 3 rings (SSSR count). The number of hydrogen-bond acceptors (Lipinski definition) is 6. The lowest BCUT2D eigenvalue weighted by atomic mass is 10.1. The number of nitrogens with zero attached hydrogens (tertiary/aromatic N) is 2. The van der Waals surface area contributed by atoms with E-state index in [0.717, 1.165) is 37.3 Å². The summed E-state index contributed by atoms with van der Waals surface area (Å²) in [7, 11) is 0. The number of fused-ring (bicyclic) bond motifs is 2. The molecular weight excluding hydrogens is 478 g/mol. The first-order chi connectivity index (χ1) is 17.2. The molecule has 8 nitrogen and oxygen atoms in total. The van der Waals surface area contributed by atoms with E-state index in [0.29, 0.717) is 24.7 Å². The maximum absolute atomic E-state index is 12.5. The third kappa shape index (κ3) is 8.13. The Bertz CT molecular complexity index is 1070. The zero-order valence-electron chi connectivity index (χ0n) is 21.2. The van der Waals surface area contributed by atoms with Gasteiger partial charge in [-0.2, -0.15) is 0 Å². The van der Waals surface area contributed by atoms with Crippen LogP contribution in [0.5, 0.6) is 0 Å². The maximum atomic E-state index is 12.5. The molecule has 2 aromatic carbocycles. The van der Waals surface area contributed by atoms with Crippen molar-refractivity contribution in [1.82, 2.24) is 10.2 Å². The number of aliphatic carboxylic acids is 2. The van der Waals surface area contributed by atoms with Crippen molar-refractivity contribution in [1.29, 1.82) is 0 Å². The van der Waals surface area contributed by atoms with E-state index in [9.17, 15) is 14.4 Å². The molecule has 1 aliphatic heterocycles. The Morgan fingerprint density at radius 3 is 2.17 bits per heavy atom. The number of rotatable bonds is 10. The van der Waals surface area contributed by atoms with Gasteiger partial charge in [-0.15, -0.1) is 0 Å². The van der Waals surface area contributed by atoms with Gasteiger partial charge in [-0.3, -0.25) is 4.79 Å². The summed E-state index contributed by atoms with van der Waals surface area (Å²) in [5.41, 5.74) is 3.09. The van der Waals surface area contributed by atoms with Crippen LogP contribution in [0.4, 0.5) is 11.4 Å². The van der Waals surface area contributed by atoms with E-state index in [-0.39, 0.29) is 5.91 Å². The fourth-order valence-electron chi connectivity index (χ4n) is 3.82. The second-order valence-electron chi connectivity index (χ2n) is 8.22. The highest BCUT2D eigenvalue weighted by Crippen LogP contribution is 2.49. The van der Waals surface area contributed by atoms with Gasteiger partial charge in [0.2, 0.25) is 0 Å². The van der Waals surface area contributed by atoms with E-state index in [1.807, 2.05) is 6.07 Å². The fraction of sp³-hybridized carbons (Fsp3) is 0.370. The highest BCUT2D eigenvalue weighted by Gasteiger charge is 2.28. The lowest BCUT2D eigenvalue weighted by Gasteiger charge is -2.39. The Morgan fingerprint density at radius 1 is 0.972 bits per heavy atom. The largest absolute Gasteiger partial charge is 0.478 e. The van der Waals surface area contributed by atoms with Gasteiger partial charge in [-0.05, 0) is 56.8 Å². The molecule has 0 radical (unpaired) electrons. The van der Waals surface area contributed by atoms with Crippen molar-refractivity contribution >= 4 is 41.0 Å². The van der Waals surface area contributed by atoms with Gasteiger partial charge in [0.25, 0.3) is 5.91 Å². The fourth-order valence-corrected chi connectivity index (χ4v) is 4.87. The molecule has 0 saturated carbocycles. The molecule has 0 aromatic heterocycles. The number of carbonyl (C=O) groups is 3. The average Bonchev–Trinajstić information content (AvgIpc) is 2.87. The highest BCUT2D eigenvalue weighted by molar-refractivity contribution is 7.99. The summed E-state index contributed by atoms with van der Waals surface area (Å²) in [6, 6.07) is 15.0. The first-order valence-electron chi connectivity index (χ1n) is 12.1. The number of carboxylic acid groups (broad SMARTS) is 2. The van der Waals surface area contributed by atoms with Gasteiger partial charge < -0.3 is 25.3 Å². The van der Waals surface area contributed by atoms with Gasteiger partial charge in [0.1, 0.15) is 0 Å². The van der Waals surface area contributed by atoms with Crippen molar-refractivity contribution in [3.63, 3.8) is 0 Å². The van der Waals surface area contributed by atoms with Gasteiger partial charge >= 0.3 is 11.9 Å². The number of carboxylic acids is 2. The monoisotopic (exact) mass is 513 g/mol. The van der Waals surface area contributed by atoms with E-state index >= 15 is 0 Å². The van der Waals surface area contributed by atoms with Crippen molar-refractivity contribution in [3.8, 4) is 0 Å². The molecule has 1 atom stereocenters. The van der Waals surface area contributed by atoms with Crippen LogP contribution in [0.15, 0.2) is 64.4 Å². The van der Waals surface area contributed by atoms with Crippen molar-refractivity contribution in [2.24, 2.45) is 0 Å². The molecule has 36 heavy (non-hydrogen) atoms. The first kappa shape index (κ1) is 28.9. The Kier molecular flexibility index (Phi) is 11.5. The summed E-state index contributed by atoms with van der Waals surface area (Å²) in [5, 5.41) is 18.6. The number of likely N-dealkylation sites (N-methyl/N-ethyl adjacent to an activating group) is 1. The predicted octanol–water partition coefficient (Wildman–Crippen LogP) is 4.87. The first-order valence-corrected chi connectivity index (χ1v) is 12.9. The number of para-hydroxylation sites is 1. The Balaban J connectivity index is 0.000000493. The van der Waals surface area contributed by atoms with Crippen LogP contribution in [-0.2, 0) is 9.59 Å². The zero-order valence-corrected chi connectivity index (χ0v) is 22.0. The third-order valence-electron chi connectivity index (χ3n) is 5.59. The van der Waals surface area contributed by atoms with Gasteiger partial charge in [-0.1, -0.05) is 44.7 Å². The quantitative estimate of drug-likeness (QED) is 0.386. The lowest BCUT2D eigenvalue weighted by Crippen LogP contribution is -2.41. The molecular formula is C27H35N3O5S. The SMILES string of the molecule is CCCNC(=O)c1ccc2c(c1)N(C(C)CN(CC)CC)c1ccccc1S2.O=C(O)/C=C/C(=O)O. The zero-order chi connectivity index (χ0) is 26.7. The molecule has 1 amide bonds. The van der Waals surface area contributed by atoms with Crippen LogP contribution >= 0.6 is 11.8 Å². The number of amides is 1. The second-order valence-corrected chi connectivity index (χ2v) is 9.31. The summed E-state index contributed by atoms with van der Waals surface area (Å²) in [4.78, 5) is 39.0. The van der Waals surface area contributed by atoms with Gasteiger partial charge in [0.05, 0.1) is 11.4 Å². The summed E-state index contributed by atoms with van der Waals surface area (Å²) in [5.74, 6) is -2.51. The van der Waals surface area contributed by atoms with E-state index < -0.39 is 11.9 Å². The topological polar surface area (TPSA) is 110 Å². The average molecular weight is 514 g/mol. The van der Waals surface area contributed by atoms with E-state index in [2.05, 4.69) is 79.2 Å². The summed E-state index contributed by atoms with van der Waals surface area (Å²) >= 11 is 1.79. The molecule has 0 fully saturated rings. The van der Waals surface area contributed by atoms with Crippen molar-refractivity contribution < 1.29 is 24.6 Å². The molecule has 0 saturated heterocycles. The van der Waals surface area contributed by atoms with Gasteiger partial charge in [0, 0.05) is 46.6 Å². The molecule has 0 spiro atoms. The van der Waals surface area contributed by atoms with Crippen LogP contribution in [0, 0.1) is 0 Å². The molecule has 3 N–H and O–H groups in total. The molecule has 0 bridgehead atoms.